The monoisotopic (exact) mass is 213 g/mol. The summed E-state index contributed by atoms with van der Waals surface area (Å²) < 4.78 is 0. The predicted molar refractivity (Wildman–Crippen MR) is 57.0 cm³/mol. The quantitative estimate of drug-likeness (QED) is 0.492. The van der Waals surface area contributed by atoms with E-state index in [0.717, 1.165) is 12.8 Å². The van der Waals surface area contributed by atoms with Gasteiger partial charge in [-0.15, -0.1) is 0 Å². The third-order valence-electron chi connectivity index (χ3n) is 2.51. The van der Waals surface area contributed by atoms with Crippen molar-refractivity contribution in [3.8, 4) is 0 Å². The summed E-state index contributed by atoms with van der Waals surface area (Å²) in [4.78, 5) is 22.1. The average molecular weight is 213 g/mol. The van der Waals surface area contributed by atoms with Gasteiger partial charge in [-0.25, -0.2) is 0 Å². The van der Waals surface area contributed by atoms with Gasteiger partial charge in [0.1, 0.15) is 0 Å². The number of amides is 2. The highest BCUT2D eigenvalue weighted by molar-refractivity contribution is 5.81. The first-order valence-electron chi connectivity index (χ1n) is 5.45. The molecule has 5 nitrogen and oxygen atoms in total. The van der Waals surface area contributed by atoms with Crippen LogP contribution in [0.1, 0.15) is 26.2 Å². The summed E-state index contributed by atoms with van der Waals surface area (Å²) in [5.74, 6) is 0.0260. The lowest BCUT2D eigenvalue weighted by Gasteiger charge is -2.13. The molecule has 0 bridgehead atoms. The van der Waals surface area contributed by atoms with E-state index in [-0.39, 0.29) is 23.8 Å². The number of nitrogens with one attached hydrogen (secondary N) is 2. The second-order valence-electron chi connectivity index (χ2n) is 3.88. The molecule has 0 aromatic heterocycles. The molecular weight excluding hydrogens is 194 g/mol. The maximum absolute atomic E-state index is 11.2. The van der Waals surface area contributed by atoms with Crippen molar-refractivity contribution in [1.29, 1.82) is 0 Å². The van der Waals surface area contributed by atoms with Crippen molar-refractivity contribution in [2.24, 2.45) is 11.7 Å². The molecule has 15 heavy (non-hydrogen) atoms. The molecule has 1 unspecified atom stereocenters. The zero-order chi connectivity index (χ0) is 11.3. The van der Waals surface area contributed by atoms with Gasteiger partial charge in [-0.3, -0.25) is 9.59 Å². The van der Waals surface area contributed by atoms with Crippen LogP contribution in [0.15, 0.2) is 0 Å². The Labute approximate surface area is 89.8 Å². The van der Waals surface area contributed by atoms with Crippen molar-refractivity contribution >= 4 is 11.8 Å². The Bertz CT molecular complexity index is 239. The fraction of sp³-hybridized carbons (Fsp3) is 0.800. The van der Waals surface area contributed by atoms with Crippen molar-refractivity contribution in [2.45, 2.75) is 32.2 Å². The molecule has 0 aromatic carbocycles. The molecule has 1 fully saturated rings. The van der Waals surface area contributed by atoms with E-state index in [1.54, 1.807) is 0 Å². The van der Waals surface area contributed by atoms with E-state index in [9.17, 15) is 9.59 Å². The van der Waals surface area contributed by atoms with Crippen LogP contribution in [0.25, 0.3) is 0 Å². The number of hydrogen-bond acceptors (Lipinski definition) is 3. The van der Waals surface area contributed by atoms with Gasteiger partial charge in [0.2, 0.25) is 11.8 Å². The number of nitrogens with two attached hydrogens (primary N) is 1. The van der Waals surface area contributed by atoms with Gasteiger partial charge >= 0.3 is 0 Å². The Morgan fingerprint density at radius 2 is 2.07 bits per heavy atom. The van der Waals surface area contributed by atoms with Crippen LogP contribution < -0.4 is 16.4 Å². The molecule has 0 radical (unpaired) electrons. The number of carbonyl (C=O) groups excluding carboxylic acids is 2. The highest BCUT2D eigenvalue weighted by Gasteiger charge is 2.28. The first-order chi connectivity index (χ1) is 7.15. The van der Waals surface area contributed by atoms with Crippen LogP contribution in [0.5, 0.6) is 0 Å². The zero-order valence-electron chi connectivity index (χ0n) is 9.08. The van der Waals surface area contributed by atoms with Gasteiger partial charge in [-0.1, -0.05) is 6.92 Å². The summed E-state index contributed by atoms with van der Waals surface area (Å²) >= 11 is 0. The van der Waals surface area contributed by atoms with Crippen LogP contribution in [0.2, 0.25) is 0 Å². The van der Waals surface area contributed by atoms with Crippen LogP contribution >= 0.6 is 0 Å². The van der Waals surface area contributed by atoms with Crippen molar-refractivity contribution in [1.82, 2.24) is 10.6 Å². The van der Waals surface area contributed by atoms with Gasteiger partial charge in [0.15, 0.2) is 0 Å². The number of hydrogen-bond donors (Lipinski definition) is 3. The molecular formula is C10H19N3O2. The number of rotatable bonds is 7. The minimum Gasteiger partial charge on any atom is -0.368 e. The van der Waals surface area contributed by atoms with Crippen LogP contribution in [0, 0.1) is 5.92 Å². The van der Waals surface area contributed by atoms with Gasteiger partial charge in [-0.05, 0) is 19.3 Å². The molecule has 86 valence electrons. The Morgan fingerprint density at radius 1 is 1.40 bits per heavy atom. The highest BCUT2D eigenvalue weighted by atomic mass is 16.2. The third kappa shape index (κ3) is 4.29. The van der Waals surface area contributed by atoms with E-state index < -0.39 is 0 Å². The fourth-order valence-corrected chi connectivity index (χ4v) is 1.37. The van der Waals surface area contributed by atoms with Gasteiger partial charge in [0.05, 0.1) is 6.04 Å². The van der Waals surface area contributed by atoms with E-state index in [1.165, 1.54) is 0 Å². The smallest absolute Gasteiger partial charge is 0.234 e. The number of carbonyl (C=O) groups is 2. The summed E-state index contributed by atoms with van der Waals surface area (Å²) in [7, 11) is 0. The Kier molecular flexibility index (Phi) is 4.55. The van der Waals surface area contributed by atoms with E-state index >= 15 is 0 Å². The lowest BCUT2D eigenvalue weighted by atomic mass is 10.2. The van der Waals surface area contributed by atoms with Gasteiger partial charge in [0.25, 0.3) is 0 Å². The van der Waals surface area contributed by atoms with E-state index in [4.69, 9.17) is 5.73 Å². The summed E-state index contributed by atoms with van der Waals surface area (Å²) in [6.45, 7) is 3.03. The summed E-state index contributed by atoms with van der Waals surface area (Å²) in [6, 6.07) is -0.289. The van der Waals surface area contributed by atoms with E-state index in [0.29, 0.717) is 19.5 Å². The van der Waals surface area contributed by atoms with Crippen LogP contribution in [-0.2, 0) is 9.59 Å². The maximum atomic E-state index is 11.2. The van der Waals surface area contributed by atoms with Crippen molar-refractivity contribution in [3.05, 3.63) is 0 Å². The van der Waals surface area contributed by atoms with Crippen molar-refractivity contribution in [2.75, 3.05) is 13.1 Å². The lowest BCUT2D eigenvalue weighted by molar-refractivity contribution is -0.122. The molecule has 1 aliphatic carbocycles. The zero-order valence-corrected chi connectivity index (χ0v) is 9.08. The molecule has 0 spiro atoms. The van der Waals surface area contributed by atoms with E-state index in [1.807, 2.05) is 6.92 Å². The summed E-state index contributed by atoms with van der Waals surface area (Å²) in [5, 5.41) is 5.80. The topological polar surface area (TPSA) is 84.2 Å². The van der Waals surface area contributed by atoms with Crippen LogP contribution in [-0.4, -0.2) is 30.9 Å². The Balaban J connectivity index is 2.04. The minimum atomic E-state index is -0.342. The second kappa shape index (κ2) is 5.70. The van der Waals surface area contributed by atoms with Gasteiger partial charge in [-0.2, -0.15) is 0 Å². The van der Waals surface area contributed by atoms with Crippen molar-refractivity contribution in [3.63, 3.8) is 0 Å². The Hall–Kier alpha value is -1.10. The van der Waals surface area contributed by atoms with Crippen LogP contribution in [0.3, 0.4) is 0 Å². The van der Waals surface area contributed by atoms with Crippen molar-refractivity contribution < 1.29 is 9.59 Å². The predicted octanol–water partition coefficient (Wildman–Crippen LogP) is -0.634. The average Bonchev–Trinajstić information content (AvgIpc) is 3.00. The van der Waals surface area contributed by atoms with Gasteiger partial charge in [0, 0.05) is 19.0 Å². The normalized spacial score (nSPS) is 17.1. The first-order valence-corrected chi connectivity index (χ1v) is 5.45. The Morgan fingerprint density at radius 3 is 2.53 bits per heavy atom. The molecule has 1 saturated carbocycles. The molecule has 0 saturated heterocycles. The molecule has 0 aliphatic heterocycles. The summed E-state index contributed by atoms with van der Waals surface area (Å²) in [6.07, 6.45) is 2.70. The standard InChI is InChI=1S/C10H19N3O2/c1-2-8(9(11)14)12-5-6-13-10(15)7-3-4-7/h7-8,12H,2-6H2,1H3,(H2,11,14)(H,13,15). The minimum absolute atomic E-state index is 0.129. The molecule has 5 heteroatoms. The van der Waals surface area contributed by atoms with Gasteiger partial charge < -0.3 is 16.4 Å². The first kappa shape index (κ1) is 12.0. The summed E-state index contributed by atoms with van der Waals surface area (Å²) in [5.41, 5.74) is 5.16. The second-order valence-corrected chi connectivity index (χ2v) is 3.88. The fourth-order valence-electron chi connectivity index (χ4n) is 1.37. The molecule has 1 rings (SSSR count). The maximum Gasteiger partial charge on any atom is 0.234 e. The molecule has 1 atom stereocenters. The third-order valence-corrected chi connectivity index (χ3v) is 2.51. The highest BCUT2D eigenvalue weighted by Crippen LogP contribution is 2.28. The molecule has 0 aromatic rings. The van der Waals surface area contributed by atoms with Crippen LogP contribution in [0.4, 0.5) is 0 Å². The number of primary amides is 1. The lowest BCUT2D eigenvalue weighted by Crippen LogP contribution is -2.44. The molecule has 0 heterocycles. The van der Waals surface area contributed by atoms with E-state index in [2.05, 4.69) is 10.6 Å². The largest absolute Gasteiger partial charge is 0.368 e. The SMILES string of the molecule is CCC(NCCNC(=O)C1CC1)C(N)=O. The molecule has 4 N–H and O–H groups in total. The molecule has 1 aliphatic rings. The molecule has 2 amide bonds.